The van der Waals surface area contributed by atoms with E-state index in [-0.39, 0.29) is 12.4 Å². The zero-order valence-corrected chi connectivity index (χ0v) is 19.5. The van der Waals surface area contributed by atoms with E-state index in [4.69, 9.17) is 32.7 Å². The first-order chi connectivity index (χ1) is 14.5. The van der Waals surface area contributed by atoms with Crippen LogP contribution in [0.2, 0.25) is 10.0 Å². The number of ether oxygens (including phenoxy) is 2. The molecule has 0 aliphatic carbocycles. The van der Waals surface area contributed by atoms with Gasteiger partial charge in [0.1, 0.15) is 12.4 Å². The van der Waals surface area contributed by atoms with Crippen molar-refractivity contribution in [1.82, 2.24) is 5.32 Å². The molecule has 0 saturated heterocycles. The Morgan fingerprint density at radius 3 is 2.40 bits per heavy atom. The fourth-order valence-corrected chi connectivity index (χ4v) is 3.98. The average Bonchev–Trinajstić information content (AvgIpc) is 2.73. The Morgan fingerprint density at radius 1 is 0.967 bits per heavy atom. The lowest BCUT2D eigenvalue weighted by molar-refractivity contribution is 0.280. The van der Waals surface area contributed by atoms with E-state index in [0.29, 0.717) is 52.2 Å². The second-order valence-corrected chi connectivity index (χ2v) is 8.23. The van der Waals surface area contributed by atoms with Gasteiger partial charge >= 0.3 is 0 Å². The minimum absolute atomic E-state index is 0.192. The van der Waals surface area contributed by atoms with Crippen LogP contribution in [-0.2, 0) is 19.6 Å². The van der Waals surface area contributed by atoms with Crippen molar-refractivity contribution in [3.63, 3.8) is 0 Å². The predicted octanol–water partition coefficient (Wildman–Crippen LogP) is 6.81. The van der Waals surface area contributed by atoms with Gasteiger partial charge in [-0.15, -0.1) is 0 Å². The predicted molar refractivity (Wildman–Crippen MR) is 123 cm³/mol. The number of hydrogen-bond acceptors (Lipinski definition) is 3. The van der Waals surface area contributed by atoms with Crippen LogP contribution in [0.25, 0.3) is 0 Å². The van der Waals surface area contributed by atoms with Crippen molar-refractivity contribution >= 4 is 39.1 Å². The summed E-state index contributed by atoms with van der Waals surface area (Å²) in [6.45, 7) is 1.33. The van der Waals surface area contributed by atoms with Crippen LogP contribution in [0.5, 0.6) is 11.5 Å². The molecule has 0 saturated carbocycles. The molecule has 1 N–H and O–H groups in total. The highest BCUT2D eigenvalue weighted by atomic mass is 79.9. The molecule has 30 heavy (non-hydrogen) atoms. The van der Waals surface area contributed by atoms with E-state index in [1.807, 2.05) is 18.2 Å². The molecule has 0 radical (unpaired) electrons. The quantitative estimate of drug-likeness (QED) is 0.319. The van der Waals surface area contributed by atoms with Crippen LogP contribution in [0.3, 0.4) is 0 Å². The maximum atomic E-state index is 13.8. The number of rotatable bonds is 9. The van der Waals surface area contributed by atoms with E-state index in [1.165, 1.54) is 6.07 Å². The van der Waals surface area contributed by atoms with E-state index in [1.54, 1.807) is 37.4 Å². The van der Waals surface area contributed by atoms with Crippen molar-refractivity contribution in [2.75, 3.05) is 13.7 Å². The minimum atomic E-state index is -0.192. The molecule has 0 fully saturated rings. The number of nitrogens with one attached hydrogen (secondary N) is 1. The van der Waals surface area contributed by atoms with Crippen molar-refractivity contribution in [3.05, 3.63) is 91.6 Å². The first-order valence-electron chi connectivity index (χ1n) is 9.36. The zero-order valence-electron chi connectivity index (χ0n) is 16.4. The zero-order chi connectivity index (χ0) is 21.5. The molecule has 3 aromatic rings. The van der Waals surface area contributed by atoms with E-state index >= 15 is 0 Å². The van der Waals surface area contributed by atoms with Crippen molar-refractivity contribution < 1.29 is 13.9 Å². The molecule has 7 heteroatoms. The van der Waals surface area contributed by atoms with Gasteiger partial charge in [0.2, 0.25) is 0 Å². The second-order valence-electron chi connectivity index (χ2n) is 6.56. The summed E-state index contributed by atoms with van der Waals surface area (Å²) < 4.78 is 26.3. The van der Waals surface area contributed by atoms with Crippen molar-refractivity contribution in [2.45, 2.75) is 19.6 Å². The summed E-state index contributed by atoms with van der Waals surface area (Å²) in [6, 6.07) is 15.9. The molecule has 0 bridgehead atoms. The first kappa shape index (κ1) is 22.9. The third-order valence-corrected chi connectivity index (χ3v) is 6.09. The van der Waals surface area contributed by atoms with Gasteiger partial charge in [-0.3, -0.25) is 0 Å². The topological polar surface area (TPSA) is 30.5 Å². The molecule has 158 valence electrons. The van der Waals surface area contributed by atoms with Gasteiger partial charge in [-0.25, -0.2) is 4.39 Å². The highest BCUT2D eigenvalue weighted by Crippen LogP contribution is 2.37. The van der Waals surface area contributed by atoms with Crippen LogP contribution in [-0.4, -0.2) is 13.7 Å². The van der Waals surface area contributed by atoms with Crippen LogP contribution >= 0.6 is 39.1 Å². The highest BCUT2D eigenvalue weighted by Gasteiger charge is 2.16. The normalized spacial score (nSPS) is 10.8. The molecule has 0 unspecified atom stereocenters. The number of hydrogen-bond donors (Lipinski definition) is 1. The summed E-state index contributed by atoms with van der Waals surface area (Å²) in [6.07, 6.45) is 0.583. The lowest BCUT2D eigenvalue weighted by Gasteiger charge is -2.18. The summed E-state index contributed by atoms with van der Waals surface area (Å²) in [5.41, 5.74) is 2.28. The van der Waals surface area contributed by atoms with Gasteiger partial charge in [-0.1, -0.05) is 63.4 Å². The summed E-state index contributed by atoms with van der Waals surface area (Å²) in [5, 5.41) is 4.43. The number of benzene rings is 3. The molecule has 0 aromatic heterocycles. The Kier molecular flexibility index (Phi) is 8.40. The molecular formula is C23H21BrCl2FNO2. The van der Waals surface area contributed by atoms with E-state index in [0.717, 1.165) is 10.0 Å². The van der Waals surface area contributed by atoms with Crippen LogP contribution in [0.15, 0.2) is 59.1 Å². The molecule has 0 aliphatic heterocycles. The van der Waals surface area contributed by atoms with Crippen molar-refractivity contribution in [3.8, 4) is 11.5 Å². The molecule has 0 aliphatic rings. The largest absolute Gasteiger partial charge is 0.493 e. The molecular weight excluding hydrogens is 492 g/mol. The van der Waals surface area contributed by atoms with Crippen molar-refractivity contribution in [1.29, 1.82) is 0 Å². The SMILES string of the molecule is COc1ccc(Br)c(CNCCc2ccccc2F)c1OCc1c(Cl)cccc1Cl. The Balaban J connectivity index is 1.73. The number of halogens is 4. The van der Waals surface area contributed by atoms with Crippen LogP contribution in [0.1, 0.15) is 16.7 Å². The Morgan fingerprint density at radius 2 is 1.70 bits per heavy atom. The van der Waals surface area contributed by atoms with Crippen LogP contribution < -0.4 is 14.8 Å². The van der Waals surface area contributed by atoms with Gasteiger partial charge in [0.05, 0.1) is 7.11 Å². The van der Waals surface area contributed by atoms with Gasteiger partial charge in [0.25, 0.3) is 0 Å². The Bertz CT molecular complexity index is 996. The number of methoxy groups -OCH3 is 1. The second kappa shape index (κ2) is 11.0. The molecule has 3 nitrogen and oxygen atoms in total. The fourth-order valence-electron chi connectivity index (χ4n) is 3.02. The molecule has 3 aromatic carbocycles. The third-order valence-electron chi connectivity index (χ3n) is 4.64. The highest BCUT2D eigenvalue weighted by molar-refractivity contribution is 9.10. The smallest absolute Gasteiger partial charge is 0.167 e. The lowest BCUT2D eigenvalue weighted by atomic mass is 10.1. The van der Waals surface area contributed by atoms with Gasteiger partial charge in [0, 0.05) is 32.2 Å². The fraction of sp³-hybridized carbons (Fsp3) is 0.217. The summed E-state index contributed by atoms with van der Waals surface area (Å²) in [4.78, 5) is 0. The standard InChI is InChI=1S/C23H21BrCl2FNO2/c1-29-22-10-9-18(24)16(13-28-12-11-15-5-2-3-8-21(15)27)23(22)30-14-17-19(25)6-4-7-20(17)26/h2-10,28H,11-14H2,1H3. The minimum Gasteiger partial charge on any atom is -0.493 e. The van der Waals surface area contributed by atoms with Gasteiger partial charge in [0.15, 0.2) is 11.5 Å². The van der Waals surface area contributed by atoms with Gasteiger partial charge in [-0.05, 0) is 48.9 Å². The molecule has 0 heterocycles. The van der Waals surface area contributed by atoms with Crippen molar-refractivity contribution in [2.24, 2.45) is 0 Å². The summed E-state index contributed by atoms with van der Waals surface area (Å²) in [5.74, 6) is 1.01. The monoisotopic (exact) mass is 511 g/mol. The first-order valence-corrected chi connectivity index (χ1v) is 10.9. The van der Waals surface area contributed by atoms with Crippen LogP contribution in [0, 0.1) is 5.82 Å². The van der Waals surface area contributed by atoms with Gasteiger partial charge < -0.3 is 14.8 Å². The molecule has 0 atom stereocenters. The van der Waals surface area contributed by atoms with E-state index in [9.17, 15) is 4.39 Å². The maximum absolute atomic E-state index is 13.8. The maximum Gasteiger partial charge on any atom is 0.167 e. The molecule has 0 amide bonds. The molecule has 3 rings (SSSR count). The van der Waals surface area contributed by atoms with E-state index < -0.39 is 0 Å². The van der Waals surface area contributed by atoms with E-state index in [2.05, 4.69) is 21.2 Å². The Hall–Kier alpha value is -1.79. The van der Waals surface area contributed by atoms with Gasteiger partial charge in [-0.2, -0.15) is 0 Å². The average molecular weight is 513 g/mol. The Labute approximate surface area is 194 Å². The third kappa shape index (κ3) is 5.67. The summed E-state index contributed by atoms with van der Waals surface area (Å²) in [7, 11) is 1.59. The molecule has 0 spiro atoms. The summed E-state index contributed by atoms with van der Waals surface area (Å²) >= 11 is 16.1. The van der Waals surface area contributed by atoms with Crippen LogP contribution in [0.4, 0.5) is 4.39 Å². The lowest BCUT2D eigenvalue weighted by Crippen LogP contribution is -2.18.